The normalized spacial score (nSPS) is 21.1. The summed E-state index contributed by atoms with van der Waals surface area (Å²) in [5.74, 6) is 1.24. The van der Waals surface area contributed by atoms with Crippen LogP contribution in [0.15, 0.2) is 30.6 Å². The number of benzene rings is 1. The molecule has 2 aromatic rings. The quantitative estimate of drug-likeness (QED) is 0.777. The minimum Gasteiger partial charge on any atom is -0.352 e. The van der Waals surface area contributed by atoms with Gasteiger partial charge >= 0.3 is 0 Å². The van der Waals surface area contributed by atoms with Crippen LogP contribution in [-0.2, 0) is 17.9 Å². The van der Waals surface area contributed by atoms with Crippen LogP contribution in [-0.4, -0.2) is 39.7 Å². The average Bonchev–Trinajstić information content (AvgIpc) is 3.44. The van der Waals surface area contributed by atoms with Crippen molar-refractivity contribution in [2.45, 2.75) is 71.5 Å². The van der Waals surface area contributed by atoms with E-state index < -0.39 is 0 Å². The Morgan fingerprint density at radius 1 is 1.24 bits per heavy atom. The molecule has 2 unspecified atom stereocenters. The lowest BCUT2D eigenvalue weighted by Crippen LogP contribution is -2.46. The van der Waals surface area contributed by atoms with E-state index in [1.165, 1.54) is 47.9 Å². The molecule has 156 valence electrons. The molecule has 1 saturated heterocycles. The van der Waals surface area contributed by atoms with Crippen molar-refractivity contribution in [2.24, 2.45) is 5.92 Å². The molecule has 0 bridgehead atoms. The van der Waals surface area contributed by atoms with Gasteiger partial charge in [-0.3, -0.25) is 14.4 Å². The zero-order valence-electron chi connectivity index (χ0n) is 18.0. The van der Waals surface area contributed by atoms with Gasteiger partial charge in [0.15, 0.2) is 0 Å². The molecule has 5 heteroatoms. The Labute approximate surface area is 174 Å². The van der Waals surface area contributed by atoms with Crippen molar-refractivity contribution >= 4 is 5.91 Å². The lowest BCUT2D eigenvalue weighted by atomic mass is 9.91. The van der Waals surface area contributed by atoms with Gasteiger partial charge in [0, 0.05) is 25.3 Å². The zero-order valence-corrected chi connectivity index (χ0v) is 18.0. The van der Waals surface area contributed by atoms with E-state index in [4.69, 9.17) is 0 Å². The van der Waals surface area contributed by atoms with Crippen LogP contribution in [0.4, 0.5) is 0 Å². The second-order valence-corrected chi connectivity index (χ2v) is 9.16. The van der Waals surface area contributed by atoms with Crippen molar-refractivity contribution in [1.82, 2.24) is 20.0 Å². The molecule has 1 saturated carbocycles. The van der Waals surface area contributed by atoms with Gasteiger partial charge in [-0.25, -0.2) is 0 Å². The molecule has 29 heavy (non-hydrogen) atoms. The van der Waals surface area contributed by atoms with E-state index in [0.29, 0.717) is 18.4 Å². The van der Waals surface area contributed by atoms with Crippen LogP contribution in [0.3, 0.4) is 0 Å². The molecule has 1 N–H and O–H groups in total. The third-order valence-electron chi connectivity index (χ3n) is 6.62. The summed E-state index contributed by atoms with van der Waals surface area (Å²) in [6.45, 7) is 9.99. The number of nitrogens with one attached hydrogen (secondary N) is 1. The Kier molecular flexibility index (Phi) is 6.04. The SMILES string of the molecule is Cc1ccc(CN2CCCC(C(C)NC(=O)Cn3cc(C4CC4)cn3)C2)cc1C. The summed E-state index contributed by atoms with van der Waals surface area (Å²) in [6, 6.07) is 6.96. The maximum Gasteiger partial charge on any atom is 0.241 e. The highest BCUT2D eigenvalue weighted by Crippen LogP contribution is 2.39. The molecule has 1 aromatic heterocycles. The number of piperidine rings is 1. The van der Waals surface area contributed by atoms with Crippen LogP contribution < -0.4 is 5.32 Å². The molecule has 0 spiro atoms. The summed E-state index contributed by atoms with van der Waals surface area (Å²) >= 11 is 0. The van der Waals surface area contributed by atoms with Crippen molar-refractivity contribution < 1.29 is 4.79 Å². The first kappa shape index (κ1) is 20.1. The number of aromatic nitrogens is 2. The monoisotopic (exact) mass is 394 g/mol. The molecular weight excluding hydrogens is 360 g/mol. The van der Waals surface area contributed by atoms with Crippen LogP contribution in [0.5, 0.6) is 0 Å². The minimum atomic E-state index is 0.0641. The molecule has 1 amide bonds. The number of hydrogen-bond acceptors (Lipinski definition) is 3. The number of likely N-dealkylation sites (tertiary alicyclic amines) is 1. The third kappa shape index (κ3) is 5.27. The van der Waals surface area contributed by atoms with E-state index >= 15 is 0 Å². The number of carbonyl (C=O) groups excluding carboxylic acids is 1. The van der Waals surface area contributed by atoms with Gasteiger partial charge in [-0.1, -0.05) is 18.2 Å². The molecule has 2 aliphatic rings. The highest BCUT2D eigenvalue weighted by Gasteiger charge is 2.27. The van der Waals surface area contributed by atoms with Crippen LogP contribution >= 0.6 is 0 Å². The molecule has 5 nitrogen and oxygen atoms in total. The number of aryl methyl sites for hydroxylation is 2. The highest BCUT2D eigenvalue weighted by atomic mass is 16.2. The molecule has 1 aliphatic heterocycles. The molecular formula is C24H34N4O. The van der Waals surface area contributed by atoms with Gasteiger partial charge in [-0.2, -0.15) is 5.10 Å². The second-order valence-electron chi connectivity index (χ2n) is 9.16. The molecule has 2 fully saturated rings. The lowest BCUT2D eigenvalue weighted by molar-refractivity contribution is -0.123. The Morgan fingerprint density at radius 2 is 2.07 bits per heavy atom. The molecule has 2 atom stereocenters. The van der Waals surface area contributed by atoms with Crippen LogP contribution in [0.1, 0.15) is 60.8 Å². The van der Waals surface area contributed by atoms with Gasteiger partial charge in [0.2, 0.25) is 5.91 Å². The fraction of sp³-hybridized carbons (Fsp3) is 0.583. The summed E-state index contributed by atoms with van der Waals surface area (Å²) in [5, 5.41) is 7.58. The summed E-state index contributed by atoms with van der Waals surface area (Å²) in [5.41, 5.74) is 5.37. The summed E-state index contributed by atoms with van der Waals surface area (Å²) in [7, 11) is 0. The number of rotatable bonds is 7. The first-order valence-electron chi connectivity index (χ1n) is 11.1. The number of hydrogen-bond donors (Lipinski definition) is 1. The average molecular weight is 395 g/mol. The van der Waals surface area contributed by atoms with Crippen molar-refractivity contribution in [1.29, 1.82) is 0 Å². The predicted molar refractivity (Wildman–Crippen MR) is 116 cm³/mol. The van der Waals surface area contributed by atoms with Crippen LogP contribution in [0.2, 0.25) is 0 Å². The third-order valence-corrected chi connectivity index (χ3v) is 6.62. The summed E-state index contributed by atoms with van der Waals surface area (Å²) in [6.07, 6.45) is 8.84. The Hall–Kier alpha value is -2.14. The molecule has 4 rings (SSSR count). The van der Waals surface area contributed by atoms with E-state index in [1.807, 2.05) is 12.4 Å². The fourth-order valence-electron chi connectivity index (χ4n) is 4.46. The van der Waals surface area contributed by atoms with E-state index in [2.05, 4.69) is 54.3 Å². The van der Waals surface area contributed by atoms with Crippen molar-refractivity contribution in [3.63, 3.8) is 0 Å². The Bertz CT molecular complexity index is 854. The van der Waals surface area contributed by atoms with Crippen LogP contribution in [0.25, 0.3) is 0 Å². The van der Waals surface area contributed by atoms with Gasteiger partial charge in [-0.15, -0.1) is 0 Å². The van der Waals surface area contributed by atoms with E-state index in [0.717, 1.165) is 19.6 Å². The van der Waals surface area contributed by atoms with E-state index in [1.54, 1.807) is 4.68 Å². The van der Waals surface area contributed by atoms with Crippen molar-refractivity contribution in [3.05, 3.63) is 52.8 Å². The Morgan fingerprint density at radius 3 is 2.83 bits per heavy atom. The largest absolute Gasteiger partial charge is 0.352 e. The summed E-state index contributed by atoms with van der Waals surface area (Å²) in [4.78, 5) is 15.1. The van der Waals surface area contributed by atoms with Crippen molar-refractivity contribution in [3.8, 4) is 0 Å². The number of amides is 1. The van der Waals surface area contributed by atoms with E-state index in [9.17, 15) is 4.79 Å². The van der Waals surface area contributed by atoms with Gasteiger partial charge in [0.1, 0.15) is 6.54 Å². The minimum absolute atomic E-state index is 0.0641. The van der Waals surface area contributed by atoms with Crippen LogP contribution in [0, 0.1) is 19.8 Å². The van der Waals surface area contributed by atoms with E-state index in [-0.39, 0.29) is 11.9 Å². The molecule has 1 aliphatic carbocycles. The maximum absolute atomic E-state index is 12.5. The number of carbonyl (C=O) groups is 1. The zero-order chi connectivity index (χ0) is 20.4. The van der Waals surface area contributed by atoms with Gasteiger partial charge in [0.25, 0.3) is 0 Å². The van der Waals surface area contributed by atoms with Gasteiger partial charge in [0.05, 0.1) is 6.20 Å². The number of nitrogens with zero attached hydrogens (tertiary/aromatic N) is 3. The molecule has 2 heterocycles. The first-order chi connectivity index (χ1) is 14.0. The van der Waals surface area contributed by atoms with Gasteiger partial charge < -0.3 is 5.32 Å². The lowest BCUT2D eigenvalue weighted by Gasteiger charge is -2.36. The topological polar surface area (TPSA) is 50.2 Å². The summed E-state index contributed by atoms with van der Waals surface area (Å²) < 4.78 is 1.78. The predicted octanol–water partition coefficient (Wildman–Crippen LogP) is 3.79. The molecule has 0 radical (unpaired) electrons. The highest BCUT2D eigenvalue weighted by molar-refractivity contribution is 5.75. The van der Waals surface area contributed by atoms with Crippen molar-refractivity contribution in [2.75, 3.05) is 13.1 Å². The van der Waals surface area contributed by atoms with Gasteiger partial charge in [-0.05, 0) is 87.1 Å². The Balaban J connectivity index is 1.27. The maximum atomic E-state index is 12.5. The first-order valence-corrected chi connectivity index (χ1v) is 11.1. The molecule has 1 aromatic carbocycles. The fourth-order valence-corrected chi connectivity index (χ4v) is 4.46. The second kappa shape index (κ2) is 8.70. The standard InChI is InChI=1S/C24H34N4O/c1-17-6-7-20(11-18(17)2)13-27-10-4-5-22(14-27)19(3)26-24(29)16-28-15-23(12-25-28)21-8-9-21/h6-7,11-12,15,19,21-22H,4-5,8-10,13-14,16H2,1-3H3,(H,26,29). The smallest absolute Gasteiger partial charge is 0.241 e.